The summed E-state index contributed by atoms with van der Waals surface area (Å²) in [6.45, 7) is 2.07. The Bertz CT molecular complexity index is 649. The van der Waals surface area contributed by atoms with Crippen LogP contribution >= 0.6 is 0 Å². The quantitative estimate of drug-likeness (QED) is 0.870. The van der Waals surface area contributed by atoms with E-state index in [1.807, 2.05) is 48.5 Å². The molecule has 21 heavy (non-hydrogen) atoms. The lowest BCUT2D eigenvalue weighted by atomic mass is 10.0. The molecular weight excluding hydrogens is 262 g/mol. The van der Waals surface area contributed by atoms with E-state index in [1.54, 1.807) is 0 Å². The Hall–Kier alpha value is -2.55. The molecule has 1 aliphatic heterocycles. The molecule has 1 aliphatic rings. The van der Waals surface area contributed by atoms with Gasteiger partial charge < -0.3 is 10.1 Å². The van der Waals surface area contributed by atoms with Crippen molar-refractivity contribution in [3.8, 4) is 0 Å². The maximum absolute atomic E-state index is 11.6. The number of cyclic esters (lactones) is 1. The number of hydrogen-bond donors (Lipinski definition) is 1. The van der Waals surface area contributed by atoms with Crippen LogP contribution in [0.3, 0.4) is 0 Å². The maximum Gasteiger partial charge on any atom is 0.333 e. The Morgan fingerprint density at radius 1 is 1.00 bits per heavy atom. The first kappa shape index (κ1) is 13.4. The highest BCUT2D eigenvalue weighted by Gasteiger charge is 2.28. The molecule has 3 heteroatoms. The number of carbonyl (C=O) groups excluding carboxylic acids is 1. The highest BCUT2D eigenvalue weighted by Crippen LogP contribution is 2.31. The molecule has 3 nitrogen and oxygen atoms in total. The Morgan fingerprint density at radius 3 is 2.29 bits per heavy atom. The molecule has 0 saturated heterocycles. The van der Waals surface area contributed by atoms with Crippen LogP contribution in [-0.4, -0.2) is 5.97 Å². The van der Waals surface area contributed by atoms with Crippen molar-refractivity contribution in [3.63, 3.8) is 0 Å². The molecule has 0 fully saturated rings. The monoisotopic (exact) mass is 279 g/mol. The van der Waals surface area contributed by atoms with Crippen LogP contribution < -0.4 is 5.32 Å². The summed E-state index contributed by atoms with van der Waals surface area (Å²) in [7, 11) is 0. The highest BCUT2D eigenvalue weighted by molar-refractivity contribution is 5.86. The zero-order valence-electron chi connectivity index (χ0n) is 11.8. The van der Waals surface area contributed by atoms with Crippen molar-refractivity contribution in [3.05, 3.63) is 83.6 Å². The second-order valence-electron chi connectivity index (χ2n) is 5.10. The van der Waals surface area contributed by atoms with Crippen LogP contribution in [0.5, 0.6) is 0 Å². The predicted molar refractivity (Wildman–Crippen MR) is 81.4 cm³/mol. The highest BCUT2D eigenvalue weighted by atomic mass is 16.5. The van der Waals surface area contributed by atoms with Crippen molar-refractivity contribution in [2.24, 2.45) is 0 Å². The first-order chi connectivity index (χ1) is 10.2. The van der Waals surface area contributed by atoms with Gasteiger partial charge in [-0.25, -0.2) is 4.79 Å². The van der Waals surface area contributed by atoms with Gasteiger partial charge in [0.05, 0.1) is 5.70 Å². The largest absolute Gasteiger partial charge is 0.448 e. The van der Waals surface area contributed by atoms with Crippen LogP contribution in [-0.2, 0) is 9.53 Å². The molecule has 0 aliphatic carbocycles. The summed E-state index contributed by atoms with van der Waals surface area (Å²) in [6, 6.07) is 20.0. The van der Waals surface area contributed by atoms with Gasteiger partial charge in [-0.1, -0.05) is 60.7 Å². The number of nitrogens with one attached hydrogen (secondary N) is 1. The SMILES string of the molecule is CC(NC1=CC(=O)OC1c1ccccc1)c1ccccc1. The van der Waals surface area contributed by atoms with Gasteiger partial charge in [0, 0.05) is 12.1 Å². The van der Waals surface area contributed by atoms with Gasteiger partial charge in [-0.3, -0.25) is 0 Å². The number of rotatable bonds is 4. The molecule has 1 N–H and O–H groups in total. The summed E-state index contributed by atoms with van der Waals surface area (Å²) in [4.78, 5) is 11.6. The second-order valence-corrected chi connectivity index (χ2v) is 5.10. The summed E-state index contributed by atoms with van der Waals surface area (Å²) in [5.41, 5.74) is 2.95. The molecule has 0 bridgehead atoms. The van der Waals surface area contributed by atoms with Crippen LogP contribution in [0.2, 0.25) is 0 Å². The molecular formula is C18H17NO2. The summed E-state index contributed by atoms with van der Waals surface area (Å²) < 4.78 is 5.40. The van der Waals surface area contributed by atoms with E-state index >= 15 is 0 Å². The molecule has 0 spiro atoms. The van der Waals surface area contributed by atoms with Crippen molar-refractivity contribution in [2.45, 2.75) is 19.1 Å². The first-order valence-corrected chi connectivity index (χ1v) is 7.02. The third-order valence-electron chi connectivity index (χ3n) is 3.57. The minimum atomic E-state index is -0.343. The van der Waals surface area contributed by atoms with Crippen LogP contribution in [0.25, 0.3) is 0 Å². The Morgan fingerprint density at radius 2 is 1.62 bits per heavy atom. The molecule has 2 unspecified atom stereocenters. The van der Waals surface area contributed by atoms with Gasteiger partial charge in [0.15, 0.2) is 6.10 Å². The van der Waals surface area contributed by atoms with E-state index in [0.29, 0.717) is 0 Å². The number of carbonyl (C=O) groups is 1. The second kappa shape index (κ2) is 5.83. The first-order valence-electron chi connectivity index (χ1n) is 7.02. The molecule has 0 aromatic heterocycles. The van der Waals surface area contributed by atoms with Gasteiger partial charge in [-0.2, -0.15) is 0 Å². The third kappa shape index (κ3) is 2.97. The number of hydrogen-bond acceptors (Lipinski definition) is 3. The van der Waals surface area contributed by atoms with E-state index in [9.17, 15) is 4.79 Å². The van der Waals surface area contributed by atoms with Crippen molar-refractivity contribution < 1.29 is 9.53 Å². The minimum Gasteiger partial charge on any atom is -0.448 e. The average Bonchev–Trinajstić information content (AvgIpc) is 2.89. The van der Waals surface area contributed by atoms with Gasteiger partial charge >= 0.3 is 5.97 Å². The summed E-state index contributed by atoms with van der Waals surface area (Å²) >= 11 is 0. The molecule has 0 amide bonds. The fourth-order valence-electron chi connectivity index (χ4n) is 2.48. The van der Waals surface area contributed by atoms with E-state index in [1.165, 1.54) is 11.6 Å². The zero-order chi connectivity index (χ0) is 14.7. The lowest BCUT2D eigenvalue weighted by Gasteiger charge is -2.21. The summed E-state index contributed by atoms with van der Waals surface area (Å²) in [5, 5.41) is 3.39. The minimum absolute atomic E-state index is 0.109. The van der Waals surface area contributed by atoms with Crippen molar-refractivity contribution in [1.82, 2.24) is 5.32 Å². The third-order valence-corrected chi connectivity index (χ3v) is 3.57. The zero-order valence-corrected chi connectivity index (χ0v) is 11.8. The number of ether oxygens (including phenoxy) is 1. The van der Waals surface area contributed by atoms with Crippen LogP contribution in [0.4, 0.5) is 0 Å². The number of benzene rings is 2. The molecule has 0 radical (unpaired) electrons. The molecule has 2 aromatic carbocycles. The topological polar surface area (TPSA) is 38.3 Å². The van der Waals surface area contributed by atoms with E-state index in [0.717, 1.165) is 11.3 Å². The Balaban J connectivity index is 1.80. The fraction of sp³-hybridized carbons (Fsp3) is 0.167. The van der Waals surface area contributed by atoms with Crippen LogP contribution in [0, 0.1) is 0 Å². The lowest BCUT2D eigenvalue weighted by molar-refractivity contribution is -0.139. The smallest absolute Gasteiger partial charge is 0.333 e. The molecule has 1 heterocycles. The fourth-order valence-corrected chi connectivity index (χ4v) is 2.48. The van der Waals surface area contributed by atoms with Gasteiger partial charge in [-0.15, -0.1) is 0 Å². The Kier molecular flexibility index (Phi) is 3.73. The molecule has 2 atom stereocenters. The number of esters is 1. The van der Waals surface area contributed by atoms with Gasteiger partial charge in [0.1, 0.15) is 0 Å². The average molecular weight is 279 g/mol. The summed E-state index contributed by atoms with van der Waals surface area (Å²) in [5.74, 6) is -0.299. The maximum atomic E-state index is 11.6. The van der Waals surface area contributed by atoms with Crippen molar-refractivity contribution >= 4 is 5.97 Å². The standard InChI is InChI=1S/C18H17NO2/c1-13(14-8-4-2-5-9-14)19-16-12-17(20)21-18(16)15-10-6-3-7-11-15/h2-13,18-19H,1H3. The normalized spacial score (nSPS) is 18.8. The molecule has 2 aromatic rings. The lowest BCUT2D eigenvalue weighted by Crippen LogP contribution is -2.21. The van der Waals surface area contributed by atoms with E-state index in [-0.39, 0.29) is 18.1 Å². The van der Waals surface area contributed by atoms with Gasteiger partial charge in [0.2, 0.25) is 0 Å². The molecule has 3 rings (SSSR count). The Labute approximate surface area is 124 Å². The predicted octanol–water partition coefficient (Wildman–Crippen LogP) is 3.52. The van der Waals surface area contributed by atoms with Crippen LogP contribution in [0.15, 0.2) is 72.4 Å². The molecule has 0 saturated carbocycles. The van der Waals surface area contributed by atoms with Crippen molar-refractivity contribution in [1.29, 1.82) is 0 Å². The van der Waals surface area contributed by atoms with E-state index in [4.69, 9.17) is 4.74 Å². The summed E-state index contributed by atoms with van der Waals surface area (Å²) in [6.07, 6.45) is 1.20. The van der Waals surface area contributed by atoms with Crippen LogP contribution in [0.1, 0.15) is 30.2 Å². The van der Waals surface area contributed by atoms with Gasteiger partial charge in [0.25, 0.3) is 0 Å². The van der Waals surface area contributed by atoms with Gasteiger partial charge in [-0.05, 0) is 18.1 Å². The molecule has 106 valence electrons. The van der Waals surface area contributed by atoms with Crippen molar-refractivity contribution in [2.75, 3.05) is 0 Å². The van der Waals surface area contributed by atoms with E-state index < -0.39 is 0 Å². The van der Waals surface area contributed by atoms with E-state index in [2.05, 4.69) is 24.4 Å².